The maximum atomic E-state index is 11.7. The standard InChI is InChI=1S/C19H22N4O3/c1-2-26-19(25)15-5-8-17(21-13-15)23-11-9-22(10-12-23)16-6-3-14(4-7-16)18(20)24/h3-8,13H,2,9-12H2,1H3,(H2,20,24). The van der Waals surface area contributed by atoms with Crippen LogP contribution in [0.4, 0.5) is 11.5 Å². The number of primary amides is 1. The van der Waals surface area contributed by atoms with E-state index in [0.717, 1.165) is 37.7 Å². The summed E-state index contributed by atoms with van der Waals surface area (Å²) in [5, 5.41) is 0. The molecule has 2 aromatic rings. The van der Waals surface area contributed by atoms with E-state index in [4.69, 9.17) is 10.5 Å². The summed E-state index contributed by atoms with van der Waals surface area (Å²) < 4.78 is 4.97. The molecule has 1 aliphatic rings. The zero-order valence-electron chi connectivity index (χ0n) is 14.7. The van der Waals surface area contributed by atoms with Gasteiger partial charge in [-0.3, -0.25) is 4.79 Å². The highest BCUT2D eigenvalue weighted by atomic mass is 16.5. The Morgan fingerprint density at radius 3 is 2.15 bits per heavy atom. The molecule has 26 heavy (non-hydrogen) atoms. The Kier molecular flexibility index (Phi) is 5.36. The topological polar surface area (TPSA) is 88.8 Å². The number of ether oxygens (including phenoxy) is 1. The van der Waals surface area contributed by atoms with Crippen LogP contribution >= 0.6 is 0 Å². The molecule has 0 radical (unpaired) electrons. The zero-order valence-corrected chi connectivity index (χ0v) is 14.7. The molecule has 1 aromatic carbocycles. The molecular weight excluding hydrogens is 332 g/mol. The number of pyridine rings is 1. The molecule has 1 aliphatic heterocycles. The number of piperazine rings is 1. The smallest absolute Gasteiger partial charge is 0.339 e. The van der Waals surface area contributed by atoms with Gasteiger partial charge in [0, 0.05) is 43.6 Å². The Bertz CT molecular complexity index is 766. The first-order valence-electron chi connectivity index (χ1n) is 8.61. The first-order chi connectivity index (χ1) is 12.6. The summed E-state index contributed by atoms with van der Waals surface area (Å²) in [6, 6.07) is 10.9. The van der Waals surface area contributed by atoms with Crippen LogP contribution in [0.25, 0.3) is 0 Å². The van der Waals surface area contributed by atoms with Gasteiger partial charge < -0.3 is 20.3 Å². The summed E-state index contributed by atoms with van der Waals surface area (Å²) in [5.74, 6) is 0.0799. The number of carbonyl (C=O) groups is 2. The minimum Gasteiger partial charge on any atom is -0.462 e. The Morgan fingerprint density at radius 2 is 1.62 bits per heavy atom. The van der Waals surface area contributed by atoms with Crippen molar-refractivity contribution >= 4 is 23.4 Å². The van der Waals surface area contributed by atoms with Crippen LogP contribution in [0.2, 0.25) is 0 Å². The first-order valence-corrected chi connectivity index (χ1v) is 8.61. The number of esters is 1. The first kappa shape index (κ1) is 17.7. The average molecular weight is 354 g/mol. The van der Waals surface area contributed by atoms with Crippen LogP contribution in [0.5, 0.6) is 0 Å². The number of anilines is 2. The summed E-state index contributed by atoms with van der Waals surface area (Å²) in [6.07, 6.45) is 1.56. The van der Waals surface area contributed by atoms with E-state index in [2.05, 4.69) is 14.8 Å². The molecule has 2 heterocycles. The quantitative estimate of drug-likeness (QED) is 0.822. The largest absolute Gasteiger partial charge is 0.462 e. The second-order valence-corrected chi connectivity index (χ2v) is 6.01. The lowest BCUT2D eigenvalue weighted by atomic mass is 10.1. The summed E-state index contributed by atoms with van der Waals surface area (Å²) >= 11 is 0. The summed E-state index contributed by atoms with van der Waals surface area (Å²) in [4.78, 5) is 31.7. The number of benzene rings is 1. The molecule has 1 amide bonds. The molecule has 2 N–H and O–H groups in total. The molecule has 0 aliphatic carbocycles. The van der Waals surface area contributed by atoms with Crippen molar-refractivity contribution < 1.29 is 14.3 Å². The lowest BCUT2D eigenvalue weighted by Crippen LogP contribution is -2.46. The molecule has 0 spiro atoms. The van der Waals surface area contributed by atoms with Gasteiger partial charge >= 0.3 is 5.97 Å². The van der Waals surface area contributed by atoms with E-state index in [-0.39, 0.29) is 5.97 Å². The molecule has 7 heteroatoms. The minimum atomic E-state index is -0.418. The normalized spacial score (nSPS) is 14.2. The van der Waals surface area contributed by atoms with Crippen LogP contribution < -0.4 is 15.5 Å². The number of aromatic nitrogens is 1. The number of amides is 1. The Morgan fingerprint density at radius 1 is 1.00 bits per heavy atom. The Labute approximate surface area is 152 Å². The number of nitrogens with two attached hydrogens (primary N) is 1. The van der Waals surface area contributed by atoms with Gasteiger partial charge in [-0.25, -0.2) is 9.78 Å². The van der Waals surface area contributed by atoms with Gasteiger partial charge in [-0.15, -0.1) is 0 Å². The number of hydrogen-bond donors (Lipinski definition) is 1. The SMILES string of the molecule is CCOC(=O)c1ccc(N2CCN(c3ccc(C(N)=O)cc3)CC2)nc1. The van der Waals surface area contributed by atoms with Crippen LogP contribution in [0.1, 0.15) is 27.6 Å². The maximum absolute atomic E-state index is 11.7. The predicted molar refractivity (Wildman–Crippen MR) is 99.6 cm³/mol. The summed E-state index contributed by atoms with van der Waals surface area (Å²) in [6.45, 7) is 5.46. The molecule has 3 rings (SSSR count). The molecule has 0 atom stereocenters. The van der Waals surface area contributed by atoms with Crippen LogP contribution in [0.15, 0.2) is 42.6 Å². The molecule has 0 bridgehead atoms. The van der Waals surface area contributed by atoms with Crippen molar-refractivity contribution in [2.45, 2.75) is 6.92 Å². The third-order valence-electron chi connectivity index (χ3n) is 4.38. The van der Waals surface area contributed by atoms with Crippen molar-refractivity contribution in [3.8, 4) is 0 Å². The molecular formula is C19H22N4O3. The van der Waals surface area contributed by atoms with E-state index in [1.165, 1.54) is 0 Å². The second kappa shape index (κ2) is 7.86. The average Bonchev–Trinajstić information content (AvgIpc) is 2.68. The van der Waals surface area contributed by atoms with Crippen molar-refractivity contribution in [3.63, 3.8) is 0 Å². The summed E-state index contributed by atoms with van der Waals surface area (Å²) in [7, 11) is 0. The van der Waals surface area contributed by atoms with Gasteiger partial charge in [0.1, 0.15) is 5.82 Å². The van der Waals surface area contributed by atoms with E-state index in [0.29, 0.717) is 17.7 Å². The number of nitrogens with zero attached hydrogens (tertiary/aromatic N) is 3. The van der Waals surface area contributed by atoms with Gasteiger partial charge in [-0.1, -0.05) is 0 Å². The Balaban J connectivity index is 1.59. The lowest BCUT2D eigenvalue weighted by Gasteiger charge is -2.36. The fraction of sp³-hybridized carbons (Fsp3) is 0.316. The van der Waals surface area contributed by atoms with Crippen molar-refractivity contribution in [2.24, 2.45) is 5.73 Å². The molecule has 1 fully saturated rings. The third-order valence-corrected chi connectivity index (χ3v) is 4.38. The minimum absolute atomic E-state index is 0.350. The van der Waals surface area contributed by atoms with Crippen LogP contribution in [0.3, 0.4) is 0 Å². The second-order valence-electron chi connectivity index (χ2n) is 6.01. The third kappa shape index (κ3) is 3.93. The van der Waals surface area contributed by atoms with E-state index < -0.39 is 5.91 Å². The van der Waals surface area contributed by atoms with Crippen LogP contribution in [0, 0.1) is 0 Å². The van der Waals surface area contributed by atoms with Gasteiger partial charge in [0.05, 0.1) is 12.2 Å². The highest BCUT2D eigenvalue weighted by Crippen LogP contribution is 2.20. The van der Waals surface area contributed by atoms with Crippen LogP contribution in [-0.2, 0) is 4.74 Å². The van der Waals surface area contributed by atoms with E-state index >= 15 is 0 Å². The van der Waals surface area contributed by atoms with E-state index in [9.17, 15) is 9.59 Å². The van der Waals surface area contributed by atoms with Crippen molar-refractivity contribution in [3.05, 3.63) is 53.7 Å². The molecule has 0 saturated carbocycles. The van der Waals surface area contributed by atoms with Gasteiger partial charge in [-0.2, -0.15) is 0 Å². The number of carbonyl (C=O) groups excluding carboxylic acids is 2. The predicted octanol–water partition coefficient (Wildman–Crippen LogP) is 1.68. The zero-order chi connectivity index (χ0) is 18.5. The fourth-order valence-corrected chi connectivity index (χ4v) is 2.94. The molecule has 1 saturated heterocycles. The van der Waals surface area contributed by atoms with E-state index in [1.807, 2.05) is 18.2 Å². The molecule has 1 aromatic heterocycles. The number of hydrogen-bond acceptors (Lipinski definition) is 6. The van der Waals surface area contributed by atoms with Gasteiger partial charge in [0.2, 0.25) is 5.91 Å². The number of rotatable bonds is 5. The highest BCUT2D eigenvalue weighted by Gasteiger charge is 2.19. The molecule has 0 unspecified atom stereocenters. The highest BCUT2D eigenvalue weighted by molar-refractivity contribution is 5.93. The van der Waals surface area contributed by atoms with Crippen molar-refractivity contribution in [1.82, 2.24) is 4.98 Å². The van der Waals surface area contributed by atoms with Gasteiger partial charge in [0.15, 0.2) is 0 Å². The van der Waals surface area contributed by atoms with Crippen LogP contribution in [-0.4, -0.2) is 49.6 Å². The lowest BCUT2D eigenvalue weighted by molar-refractivity contribution is 0.0525. The molecule has 7 nitrogen and oxygen atoms in total. The van der Waals surface area contributed by atoms with Crippen molar-refractivity contribution in [2.75, 3.05) is 42.6 Å². The summed E-state index contributed by atoms with van der Waals surface area (Å²) in [5.41, 5.74) is 7.32. The van der Waals surface area contributed by atoms with E-state index in [1.54, 1.807) is 31.3 Å². The van der Waals surface area contributed by atoms with Gasteiger partial charge in [0.25, 0.3) is 0 Å². The Hall–Kier alpha value is -3.09. The fourth-order valence-electron chi connectivity index (χ4n) is 2.94. The van der Waals surface area contributed by atoms with Gasteiger partial charge in [-0.05, 0) is 43.3 Å². The monoisotopic (exact) mass is 354 g/mol. The van der Waals surface area contributed by atoms with Crippen molar-refractivity contribution in [1.29, 1.82) is 0 Å². The maximum Gasteiger partial charge on any atom is 0.339 e. The molecule has 136 valence electrons.